The molecule has 20 heavy (non-hydrogen) atoms. The van der Waals surface area contributed by atoms with E-state index >= 15 is 0 Å². The third-order valence-electron chi connectivity index (χ3n) is 3.87. The molecule has 1 aromatic rings. The lowest BCUT2D eigenvalue weighted by molar-refractivity contribution is 0.393. The molecule has 1 fully saturated rings. The van der Waals surface area contributed by atoms with Crippen LogP contribution in [-0.4, -0.2) is 32.9 Å². The predicted octanol–water partition coefficient (Wildman–Crippen LogP) is 3.29. The second-order valence-electron chi connectivity index (χ2n) is 5.24. The third kappa shape index (κ3) is 3.89. The van der Waals surface area contributed by atoms with Crippen molar-refractivity contribution >= 4 is 37.4 Å². The van der Waals surface area contributed by atoms with Gasteiger partial charge in [0.2, 0.25) is 0 Å². The van der Waals surface area contributed by atoms with Crippen LogP contribution in [0.1, 0.15) is 12.0 Å². The molecule has 1 saturated heterocycles. The zero-order valence-electron chi connectivity index (χ0n) is 11.3. The SMILES string of the molecule is COc1ccc(Br)c(CC(CCl)C2CCS(=O)(=O)C2)c1. The molecule has 0 spiro atoms. The van der Waals surface area contributed by atoms with Gasteiger partial charge in [0.15, 0.2) is 9.84 Å². The Hall–Kier alpha value is -0.260. The lowest BCUT2D eigenvalue weighted by Crippen LogP contribution is -2.20. The van der Waals surface area contributed by atoms with E-state index in [1.807, 2.05) is 18.2 Å². The summed E-state index contributed by atoms with van der Waals surface area (Å²) in [5, 5.41) is 0. The fourth-order valence-electron chi connectivity index (χ4n) is 2.66. The summed E-state index contributed by atoms with van der Waals surface area (Å²) in [6.07, 6.45) is 1.49. The van der Waals surface area contributed by atoms with Gasteiger partial charge in [-0.1, -0.05) is 15.9 Å². The molecule has 0 amide bonds. The van der Waals surface area contributed by atoms with Gasteiger partial charge < -0.3 is 4.74 Å². The number of sulfone groups is 1. The fourth-order valence-corrected chi connectivity index (χ4v) is 5.35. The van der Waals surface area contributed by atoms with Crippen molar-refractivity contribution in [2.24, 2.45) is 11.8 Å². The summed E-state index contributed by atoms with van der Waals surface area (Å²) >= 11 is 9.61. The summed E-state index contributed by atoms with van der Waals surface area (Å²) in [6.45, 7) is 0. The molecule has 0 N–H and O–H groups in total. The number of ether oxygens (including phenoxy) is 1. The Morgan fingerprint density at radius 3 is 2.80 bits per heavy atom. The Kier molecular flexibility index (Phi) is 5.37. The van der Waals surface area contributed by atoms with E-state index in [-0.39, 0.29) is 17.6 Å². The highest BCUT2D eigenvalue weighted by molar-refractivity contribution is 9.10. The molecular weight excluding hydrogens is 364 g/mol. The van der Waals surface area contributed by atoms with Gasteiger partial charge in [-0.15, -0.1) is 11.6 Å². The maximum atomic E-state index is 11.6. The van der Waals surface area contributed by atoms with Crippen molar-refractivity contribution in [1.82, 2.24) is 0 Å². The van der Waals surface area contributed by atoms with Crippen molar-refractivity contribution in [1.29, 1.82) is 0 Å². The van der Waals surface area contributed by atoms with Crippen LogP contribution in [0.25, 0.3) is 0 Å². The molecule has 3 nitrogen and oxygen atoms in total. The molecule has 1 aromatic carbocycles. The molecule has 1 aliphatic rings. The van der Waals surface area contributed by atoms with Crippen LogP contribution in [0.3, 0.4) is 0 Å². The molecule has 2 rings (SSSR count). The summed E-state index contributed by atoms with van der Waals surface area (Å²) in [4.78, 5) is 0. The van der Waals surface area contributed by atoms with Gasteiger partial charge in [0.1, 0.15) is 5.75 Å². The Bertz CT molecular complexity index is 574. The highest BCUT2D eigenvalue weighted by Crippen LogP contribution is 2.32. The first-order chi connectivity index (χ1) is 9.45. The second-order valence-corrected chi connectivity index (χ2v) is 8.63. The monoisotopic (exact) mass is 380 g/mol. The van der Waals surface area contributed by atoms with Crippen LogP contribution in [0.15, 0.2) is 22.7 Å². The number of hydrogen-bond donors (Lipinski definition) is 0. The van der Waals surface area contributed by atoms with Gasteiger partial charge in [-0.3, -0.25) is 0 Å². The lowest BCUT2D eigenvalue weighted by Gasteiger charge is -2.21. The van der Waals surface area contributed by atoms with Crippen LogP contribution in [0, 0.1) is 11.8 Å². The average Bonchev–Trinajstić information content (AvgIpc) is 2.78. The number of benzene rings is 1. The van der Waals surface area contributed by atoms with E-state index in [2.05, 4.69) is 15.9 Å². The minimum atomic E-state index is -2.86. The first-order valence-electron chi connectivity index (χ1n) is 6.54. The van der Waals surface area contributed by atoms with E-state index in [4.69, 9.17) is 16.3 Å². The average molecular weight is 382 g/mol. The first-order valence-corrected chi connectivity index (χ1v) is 9.69. The predicted molar refractivity (Wildman–Crippen MR) is 85.4 cm³/mol. The molecule has 0 saturated carbocycles. The molecule has 2 unspecified atom stereocenters. The Balaban J connectivity index is 2.14. The summed E-state index contributed by atoms with van der Waals surface area (Å²) in [5.41, 5.74) is 1.11. The Labute approximate surface area is 133 Å². The third-order valence-corrected chi connectivity index (χ3v) is 6.83. The van der Waals surface area contributed by atoms with Gasteiger partial charge in [-0.2, -0.15) is 0 Å². The molecule has 1 aliphatic heterocycles. The largest absolute Gasteiger partial charge is 0.497 e. The van der Waals surface area contributed by atoms with Crippen molar-refractivity contribution in [3.05, 3.63) is 28.2 Å². The van der Waals surface area contributed by atoms with Crippen LogP contribution in [-0.2, 0) is 16.3 Å². The summed E-state index contributed by atoms with van der Waals surface area (Å²) in [7, 11) is -1.23. The zero-order chi connectivity index (χ0) is 14.8. The number of hydrogen-bond acceptors (Lipinski definition) is 3. The maximum absolute atomic E-state index is 11.6. The van der Waals surface area contributed by atoms with Crippen molar-refractivity contribution in [3.8, 4) is 5.75 Å². The number of alkyl halides is 1. The van der Waals surface area contributed by atoms with Crippen LogP contribution in [0.5, 0.6) is 5.75 Å². The highest BCUT2D eigenvalue weighted by atomic mass is 79.9. The van der Waals surface area contributed by atoms with Crippen LogP contribution < -0.4 is 4.74 Å². The van der Waals surface area contributed by atoms with Gasteiger partial charge in [-0.05, 0) is 48.4 Å². The van der Waals surface area contributed by atoms with Crippen LogP contribution in [0.2, 0.25) is 0 Å². The molecule has 0 aliphatic carbocycles. The van der Waals surface area contributed by atoms with E-state index in [0.29, 0.717) is 11.6 Å². The molecule has 6 heteroatoms. The Morgan fingerprint density at radius 2 is 2.25 bits per heavy atom. The van der Waals surface area contributed by atoms with Gasteiger partial charge in [0, 0.05) is 10.4 Å². The van der Waals surface area contributed by atoms with Gasteiger partial charge >= 0.3 is 0 Å². The van der Waals surface area contributed by atoms with Gasteiger partial charge in [0.05, 0.1) is 18.6 Å². The normalized spacial score (nSPS) is 22.6. The van der Waals surface area contributed by atoms with E-state index in [1.165, 1.54) is 0 Å². The van der Waals surface area contributed by atoms with E-state index in [1.54, 1.807) is 7.11 Å². The molecule has 1 heterocycles. The molecule has 0 bridgehead atoms. The smallest absolute Gasteiger partial charge is 0.150 e. The molecule has 0 aromatic heterocycles. The fraction of sp³-hybridized carbons (Fsp3) is 0.571. The van der Waals surface area contributed by atoms with E-state index in [9.17, 15) is 8.42 Å². The number of rotatable bonds is 5. The maximum Gasteiger partial charge on any atom is 0.150 e. The summed E-state index contributed by atoms with van der Waals surface area (Å²) in [5.74, 6) is 2.18. The minimum Gasteiger partial charge on any atom is -0.497 e. The van der Waals surface area contributed by atoms with Crippen molar-refractivity contribution < 1.29 is 13.2 Å². The Morgan fingerprint density at radius 1 is 1.50 bits per heavy atom. The van der Waals surface area contributed by atoms with E-state index < -0.39 is 9.84 Å². The summed E-state index contributed by atoms with van der Waals surface area (Å²) in [6, 6.07) is 5.82. The molecule has 112 valence electrons. The van der Waals surface area contributed by atoms with Gasteiger partial charge in [-0.25, -0.2) is 8.42 Å². The summed E-state index contributed by atoms with van der Waals surface area (Å²) < 4.78 is 29.5. The van der Waals surface area contributed by atoms with Crippen molar-refractivity contribution in [2.45, 2.75) is 12.8 Å². The van der Waals surface area contributed by atoms with Gasteiger partial charge in [0.25, 0.3) is 0 Å². The molecule has 2 atom stereocenters. The number of halogens is 2. The van der Waals surface area contributed by atoms with Crippen molar-refractivity contribution in [2.75, 3.05) is 24.5 Å². The molecule has 0 radical (unpaired) electrons. The second kappa shape index (κ2) is 6.67. The van der Waals surface area contributed by atoms with Crippen LogP contribution in [0.4, 0.5) is 0 Å². The van der Waals surface area contributed by atoms with Crippen LogP contribution >= 0.6 is 27.5 Å². The van der Waals surface area contributed by atoms with E-state index in [0.717, 1.165) is 28.6 Å². The lowest BCUT2D eigenvalue weighted by atomic mass is 9.88. The minimum absolute atomic E-state index is 0.163. The molecular formula is C14H18BrClO3S. The highest BCUT2D eigenvalue weighted by Gasteiger charge is 2.33. The topological polar surface area (TPSA) is 43.4 Å². The standard InChI is InChI=1S/C14H18BrClO3S/c1-19-13-2-3-14(15)11(7-13)6-12(8-16)10-4-5-20(17,18)9-10/h2-3,7,10,12H,4-6,8-9H2,1H3. The first kappa shape index (κ1) is 16.1. The van der Waals surface area contributed by atoms with Crippen molar-refractivity contribution in [3.63, 3.8) is 0 Å². The zero-order valence-corrected chi connectivity index (χ0v) is 14.5. The quantitative estimate of drug-likeness (QED) is 0.735. The number of methoxy groups -OCH3 is 1.